The minimum atomic E-state index is -4.43. The van der Waals surface area contributed by atoms with Crippen LogP contribution in [0.5, 0.6) is 0 Å². The first-order valence-electron chi connectivity index (χ1n) is 10.0. The van der Waals surface area contributed by atoms with E-state index in [1.807, 2.05) is 31.0 Å². The summed E-state index contributed by atoms with van der Waals surface area (Å²) in [5.74, 6) is -0.291. The minimum absolute atomic E-state index is 0. The van der Waals surface area contributed by atoms with Gasteiger partial charge >= 0.3 is 6.18 Å². The topological polar surface area (TPSA) is 56.3 Å². The summed E-state index contributed by atoms with van der Waals surface area (Å²) in [7, 11) is 1.87. The number of fused-ring (bicyclic) bond motifs is 2. The molecule has 0 saturated carbocycles. The van der Waals surface area contributed by atoms with Crippen molar-refractivity contribution in [3.63, 3.8) is 0 Å². The maximum Gasteiger partial charge on any atom is 0.431 e. The van der Waals surface area contributed by atoms with Gasteiger partial charge in [0, 0.05) is 42.4 Å². The number of carbonyl (C=O) groups excluding carboxylic acids is 1. The lowest BCUT2D eigenvalue weighted by Gasteiger charge is -2.40. The lowest BCUT2D eigenvalue weighted by atomic mass is 9.78. The zero-order valence-electron chi connectivity index (χ0n) is 16.9. The Morgan fingerprint density at radius 1 is 1.37 bits per heavy atom. The van der Waals surface area contributed by atoms with E-state index in [0.29, 0.717) is 29.4 Å². The van der Waals surface area contributed by atoms with Gasteiger partial charge in [-0.3, -0.25) is 14.4 Å². The molecule has 164 valence electrons. The second-order valence-electron chi connectivity index (χ2n) is 8.22. The van der Waals surface area contributed by atoms with Crippen molar-refractivity contribution < 1.29 is 27.8 Å². The van der Waals surface area contributed by atoms with Gasteiger partial charge in [-0.1, -0.05) is 31.6 Å². The standard InChI is InChI=1S/C22H25F3N2O2.FH/c1-3-12(11-28)7-19(29)13-8-15-14-5-4-6-17-20(14)16(9-18(15)27(2)10-13)21(26-17)22(23,24)25;/h4-6,8,12-13,18,26,28H,3,7,9-11H2,1-2H3;1H. The second kappa shape index (κ2) is 8.15. The molecule has 1 aromatic heterocycles. The number of aliphatic hydroxyl groups excluding tert-OH is 1. The van der Waals surface area contributed by atoms with Gasteiger partial charge in [-0.2, -0.15) is 13.2 Å². The number of benzene rings is 1. The number of Topliss-reactive ketones (excluding diaryl/α,β-unsaturated/α-hetero) is 1. The van der Waals surface area contributed by atoms with Gasteiger partial charge in [0.2, 0.25) is 0 Å². The number of aromatic nitrogens is 1. The zero-order valence-corrected chi connectivity index (χ0v) is 16.9. The number of nitrogens with zero attached hydrogens (tertiary/aromatic N) is 1. The van der Waals surface area contributed by atoms with Crippen molar-refractivity contribution >= 4 is 22.3 Å². The number of carbonyl (C=O) groups is 1. The lowest BCUT2D eigenvalue weighted by Crippen LogP contribution is -2.44. The lowest BCUT2D eigenvalue weighted by molar-refractivity contribution is -0.141. The van der Waals surface area contributed by atoms with Crippen LogP contribution in [0.25, 0.3) is 16.5 Å². The first-order valence-corrected chi connectivity index (χ1v) is 10.0. The highest BCUT2D eigenvalue weighted by molar-refractivity contribution is 6.00. The fourth-order valence-corrected chi connectivity index (χ4v) is 4.76. The first kappa shape index (κ1) is 22.5. The van der Waals surface area contributed by atoms with Gasteiger partial charge in [-0.15, -0.1) is 0 Å². The molecular formula is C22H26F4N2O2. The Morgan fingerprint density at radius 3 is 2.73 bits per heavy atom. The molecule has 4 nitrogen and oxygen atoms in total. The smallest absolute Gasteiger partial charge is 0.396 e. The Morgan fingerprint density at radius 2 is 2.10 bits per heavy atom. The summed E-state index contributed by atoms with van der Waals surface area (Å²) in [6, 6.07) is 5.09. The molecule has 2 heterocycles. The fraction of sp³-hybridized carbons (Fsp3) is 0.500. The predicted molar refractivity (Wildman–Crippen MR) is 108 cm³/mol. The molecule has 0 amide bonds. The van der Waals surface area contributed by atoms with Gasteiger partial charge in [-0.05, 0) is 42.2 Å². The van der Waals surface area contributed by atoms with Crippen LogP contribution in [0.3, 0.4) is 0 Å². The van der Waals surface area contributed by atoms with E-state index in [0.717, 1.165) is 17.6 Å². The third kappa shape index (κ3) is 3.67. The van der Waals surface area contributed by atoms with E-state index >= 15 is 0 Å². The molecule has 0 bridgehead atoms. The van der Waals surface area contributed by atoms with Gasteiger partial charge in [0.15, 0.2) is 0 Å². The quantitative estimate of drug-likeness (QED) is 0.705. The second-order valence-corrected chi connectivity index (χ2v) is 8.22. The molecule has 1 aliphatic heterocycles. The van der Waals surface area contributed by atoms with Crippen LogP contribution in [0.1, 0.15) is 36.6 Å². The van der Waals surface area contributed by atoms with Crippen LogP contribution >= 0.6 is 0 Å². The van der Waals surface area contributed by atoms with E-state index in [9.17, 15) is 23.1 Å². The summed E-state index contributed by atoms with van der Waals surface area (Å²) in [6.07, 6.45) is -1.16. The number of aromatic amines is 1. The van der Waals surface area contributed by atoms with Crippen LogP contribution in [-0.2, 0) is 17.4 Å². The van der Waals surface area contributed by atoms with E-state index in [1.54, 1.807) is 12.1 Å². The van der Waals surface area contributed by atoms with E-state index in [-0.39, 0.29) is 41.4 Å². The summed E-state index contributed by atoms with van der Waals surface area (Å²) < 4.78 is 40.7. The number of hydrogen-bond donors (Lipinski definition) is 2. The van der Waals surface area contributed by atoms with Crippen LogP contribution in [0.2, 0.25) is 0 Å². The Labute approximate surface area is 172 Å². The normalized spacial score (nSPS) is 22.3. The highest BCUT2D eigenvalue weighted by atomic mass is 19.4. The summed E-state index contributed by atoms with van der Waals surface area (Å²) in [5, 5.41) is 10.0. The number of alkyl halides is 3. The highest BCUT2D eigenvalue weighted by Gasteiger charge is 2.42. The molecule has 2 N–H and O–H groups in total. The Kier molecular flexibility index (Phi) is 6.11. The third-order valence-corrected chi connectivity index (χ3v) is 6.42. The van der Waals surface area contributed by atoms with Crippen molar-refractivity contribution in [2.75, 3.05) is 20.2 Å². The average Bonchev–Trinajstić information content (AvgIpc) is 3.07. The molecular weight excluding hydrogens is 400 g/mol. The molecule has 2 aliphatic rings. The fourth-order valence-electron chi connectivity index (χ4n) is 4.76. The minimum Gasteiger partial charge on any atom is -0.396 e. The first-order chi connectivity index (χ1) is 13.7. The Balaban J connectivity index is 0.00000256. The van der Waals surface area contributed by atoms with Crippen LogP contribution in [-0.4, -0.2) is 47.0 Å². The predicted octanol–water partition coefficient (Wildman–Crippen LogP) is 4.19. The molecule has 2 aromatic rings. The SMILES string of the molecule is CCC(CO)CC(=O)C1C=C2c3cccc4[nH]c(C(F)(F)F)c(c34)CC2N(C)C1.F. The maximum atomic E-state index is 13.6. The van der Waals surface area contributed by atoms with Gasteiger partial charge in [0.25, 0.3) is 0 Å². The van der Waals surface area contributed by atoms with Crippen LogP contribution in [0, 0.1) is 11.8 Å². The van der Waals surface area contributed by atoms with Gasteiger partial charge < -0.3 is 10.1 Å². The molecule has 4 rings (SSSR count). The number of nitrogens with one attached hydrogen (secondary N) is 1. The molecule has 0 saturated heterocycles. The molecule has 1 aromatic carbocycles. The van der Waals surface area contributed by atoms with E-state index in [4.69, 9.17) is 0 Å². The highest BCUT2D eigenvalue weighted by Crippen LogP contribution is 2.45. The van der Waals surface area contributed by atoms with E-state index in [2.05, 4.69) is 4.98 Å². The van der Waals surface area contributed by atoms with Crippen LogP contribution in [0.15, 0.2) is 24.3 Å². The van der Waals surface area contributed by atoms with Crippen molar-refractivity contribution in [1.29, 1.82) is 0 Å². The summed E-state index contributed by atoms with van der Waals surface area (Å²) in [6.45, 7) is 2.41. The third-order valence-electron chi connectivity index (χ3n) is 6.42. The van der Waals surface area contributed by atoms with E-state index < -0.39 is 11.9 Å². The van der Waals surface area contributed by atoms with Crippen LogP contribution < -0.4 is 0 Å². The number of H-pyrrole nitrogens is 1. The Bertz CT molecular complexity index is 975. The molecule has 3 atom stereocenters. The van der Waals surface area contributed by atoms with Crippen molar-refractivity contribution in [3.05, 3.63) is 41.1 Å². The molecule has 8 heteroatoms. The summed E-state index contributed by atoms with van der Waals surface area (Å²) >= 11 is 0. The summed E-state index contributed by atoms with van der Waals surface area (Å²) in [5.41, 5.74) is 1.83. The average molecular weight is 426 g/mol. The van der Waals surface area contributed by atoms with Gasteiger partial charge in [0.05, 0.1) is 0 Å². The molecule has 30 heavy (non-hydrogen) atoms. The maximum absolute atomic E-state index is 13.6. The van der Waals surface area contributed by atoms with Crippen molar-refractivity contribution in [2.45, 2.75) is 38.4 Å². The Hall–Kier alpha value is -2.19. The number of hydrogen-bond acceptors (Lipinski definition) is 3. The van der Waals surface area contributed by atoms with Crippen molar-refractivity contribution in [3.8, 4) is 0 Å². The molecule has 3 unspecified atom stereocenters. The van der Waals surface area contributed by atoms with Crippen molar-refractivity contribution in [2.24, 2.45) is 11.8 Å². The van der Waals surface area contributed by atoms with Crippen molar-refractivity contribution in [1.82, 2.24) is 9.88 Å². The van der Waals surface area contributed by atoms with Gasteiger partial charge in [0.1, 0.15) is 11.5 Å². The molecule has 0 fully saturated rings. The summed E-state index contributed by atoms with van der Waals surface area (Å²) in [4.78, 5) is 17.4. The molecule has 1 aliphatic carbocycles. The molecule has 0 radical (unpaired) electrons. The number of ketones is 1. The number of likely N-dealkylation sites (N-methyl/N-ethyl adjacent to an activating group) is 1. The molecule has 0 spiro atoms. The number of rotatable bonds is 5. The number of halogens is 4. The zero-order chi connectivity index (χ0) is 20.9. The van der Waals surface area contributed by atoms with Crippen LogP contribution in [0.4, 0.5) is 17.9 Å². The van der Waals surface area contributed by atoms with E-state index in [1.165, 1.54) is 0 Å². The largest absolute Gasteiger partial charge is 0.431 e. The van der Waals surface area contributed by atoms with Gasteiger partial charge in [-0.25, -0.2) is 0 Å². The monoisotopic (exact) mass is 426 g/mol. The number of aliphatic hydroxyl groups is 1.